The Morgan fingerprint density at radius 1 is 1.25 bits per heavy atom. The van der Waals surface area contributed by atoms with Crippen LogP contribution in [0.2, 0.25) is 0 Å². The number of carbonyl (C=O) groups is 3. The van der Waals surface area contributed by atoms with Crippen molar-refractivity contribution in [3.8, 4) is 0 Å². The summed E-state index contributed by atoms with van der Waals surface area (Å²) in [6.45, 7) is 4.08. The number of morpholine rings is 1. The Balaban J connectivity index is 1.70. The molecule has 24 heavy (non-hydrogen) atoms. The smallest absolute Gasteiger partial charge is 0.228 e. The summed E-state index contributed by atoms with van der Waals surface area (Å²) in [4.78, 5) is 39.5. The molecule has 3 amide bonds. The highest BCUT2D eigenvalue weighted by molar-refractivity contribution is 6.01. The topological polar surface area (TPSA) is 79.0 Å². The largest absolute Gasteiger partial charge is 0.378 e. The summed E-state index contributed by atoms with van der Waals surface area (Å²) in [5.41, 5.74) is 1.33. The first kappa shape index (κ1) is 16.4. The minimum atomic E-state index is -0.319. The van der Waals surface area contributed by atoms with Crippen LogP contribution >= 0.6 is 0 Å². The number of carbonyl (C=O) groups excluding carboxylic acids is 3. The lowest BCUT2D eigenvalue weighted by Gasteiger charge is -2.29. The van der Waals surface area contributed by atoms with Crippen LogP contribution in [0.15, 0.2) is 24.3 Å². The number of ether oxygens (including phenoxy) is 1. The Kier molecular flexibility index (Phi) is 4.80. The van der Waals surface area contributed by atoms with Crippen LogP contribution in [0.1, 0.15) is 13.3 Å². The van der Waals surface area contributed by atoms with E-state index >= 15 is 0 Å². The first-order valence-corrected chi connectivity index (χ1v) is 8.09. The molecule has 0 radical (unpaired) electrons. The van der Waals surface area contributed by atoms with Gasteiger partial charge in [-0.1, -0.05) is 6.07 Å². The van der Waals surface area contributed by atoms with E-state index in [0.29, 0.717) is 44.2 Å². The lowest BCUT2D eigenvalue weighted by Crippen LogP contribution is -2.44. The van der Waals surface area contributed by atoms with Gasteiger partial charge >= 0.3 is 0 Å². The van der Waals surface area contributed by atoms with Gasteiger partial charge in [-0.2, -0.15) is 0 Å². The zero-order chi connectivity index (χ0) is 17.1. The number of amides is 3. The molecule has 0 aromatic heterocycles. The lowest BCUT2D eigenvalue weighted by molar-refractivity contribution is -0.139. The van der Waals surface area contributed by atoms with E-state index in [1.807, 2.05) is 6.07 Å². The highest BCUT2D eigenvalue weighted by atomic mass is 16.5. The van der Waals surface area contributed by atoms with E-state index in [1.54, 1.807) is 28.0 Å². The molecule has 7 heteroatoms. The van der Waals surface area contributed by atoms with Gasteiger partial charge in [0.15, 0.2) is 0 Å². The molecule has 2 aliphatic rings. The monoisotopic (exact) mass is 331 g/mol. The van der Waals surface area contributed by atoms with E-state index in [0.717, 1.165) is 0 Å². The van der Waals surface area contributed by atoms with Crippen molar-refractivity contribution < 1.29 is 19.1 Å². The predicted molar refractivity (Wildman–Crippen MR) is 88.6 cm³/mol. The molecule has 1 aromatic carbocycles. The molecular weight excluding hydrogens is 310 g/mol. The van der Waals surface area contributed by atoms with E-state index in [1.165, 1.54) is 6.92 Å². The third kappa shape index (κ3) is 3.56. The van der Waals surface area contributed by atoms with Gasteiger partial charge in [0.25, 0.3) is 0 Å². The van der Waals surface area contributed by atoms with E-state index in [2.05, 4.69) is 5.32 Å². The van der Waals surface area contributed by atoms with E-state index < -0.39 is 0 Å². The minimum Gasteiger partial charge on any atom is -0.378 e. The SMILES string of the molecule is CC(=O)Nc1cccc(N2CC(C(=O)N3CCOCC3)CC2=O)c1. The van der Waals surface area contributed by atoms with Crippen LogP contribution in [0.5, 0.6) is 0 Å². The molecule has 0 saturated carbocycles. The van der Waals surface area contributed by atoms with Gasteiger partial charge in [-0.25, -0.2) is 0 Å². The molecule has 0 bridgehead atoms. The molecule has 2 aliphatic heterocycles. The van der Waals surface area contributed by atoms with E-state index in [-0.39, 0.29) is 30.1 Å². The molecule has 2 heterocycles. The highest BCUT2D eigenvalue weighted by Crippen LogP contribution is 2.28. The Labute approximate surface area is 140 Å². The Bertz CT molecular complexity index is 655. The third-order valence-corrected chi connectivity index (χ3v) is 4.28. The summed E-state index contributed by atoms with van der Waals surface area (Å²) in [7, 11) is 0. The van der Waals surface area contributed by atoms with Gasteiger partial charge in [-0.3, -0.25) is 14.4 Å². The average molecular weight is 331 g/mol. The Hall–Kier alpha value is -2.41. The fourth-order valence-electron chi connectivity index (χ4n) is 3.12. The van der Waals surface area contributed by atoms with Crippen LogP contribution in [0.4, 0.5) is 11.4 Å². The second-order valence-electron chi connectivity index (χ2n) is 6.07. The fourth-order valence-corrected chi connectivity index (χ4v) is 3.12. The first-order chi connectivity index (χ1) is 11.5. The molecule has 3 rings (SSSR count). The number of anilines is 2. The zero-order valence-corrected chi connectivity index (χ0v) is 13.7. The molecule has 1 unspecified atom stereocenters. The van der Waals surface area contributed by atoms with Crippen LogP contribution in [0.3, 0.4) is 0 Å². The molecule has 0 spiro atoms. The molecule has 1 N–H and O–H groups in total. The number of rotatable bonds is 3. The summed E-state index contributed by atoms with van der Waals surface area (Å²) in [5.74, 6) is -0.533. The summed E-state index contributed by atoms with van der Waals surface area (Å²) in [6, 6.07) is 7.11. The minimum absolute atomic E-state index is 0.0205. The number of nitrogens with zero attached hydrogens (tertiary/aromatic N) is 2. The van der Waals surface area contributed by atoms with Gasteiger partial charge < -0.3 is 19.9 Å². The van der Waals surface area contributed by atoms with Crippen molar-refractivity contribution in [1.29, 1.82) is 0 Å². The van der Waals surface area contributed by atoms with Crippen LogP contribution < -0.4 is 10.2 Å². The van der Waals surface area contributed by atoms with E-state index in [4.69, 9.17) is 4.74 Å². The van der Waals surface area contributed by atoms with Crippen LogP contribution in [-0.4, -0.2) is 55.5 Å². The number of benzene rings is 1. The quantitative estimate of drug-likeness (QED) is 0.891. The van der Waals surface area contributed by atoms with Crippen LogP contribution in [0, 0.1) is 5.92 Å². The van der Waals surface area contributed by atoms with Crippen molar-refractivity contribution in [3.05, 3.63) is 24.3 Å². The maximum Gasteiger partial charge on any atom is 0.228 e. The number of nitrogens with one attached hydrogen (secondary N) is 1. The van der Waals surface area contributed by atoms with Crippen molar-refractivity contribution in [2.24, 2.45) is 5.92 Å². The van der Waals surface area contributed by atoms with Crippen molar-refractivity contribution >= 4 is 29.1 Å². The summed E-state index contributed by atoms with van der Waals surface area (Å²) < 4.78 is 5.26. The standard InChI is InChI=1S/C17H21N3O4/c1-12(21)18-14-3-2-4-15(10-14)20-11-13(9-16(20)22)17(23)19-5-7-24-8-6-19/h2-4,10,13H,5-9,11H2,1H3,(H,18,21). The summed E-state index contributed by atoms with van der Waals surface area (Å²) in [5, 5.41) is 2.70. The van der Waals surface area contributed by atoms with Crippen LogP contribution in [-0.2, 0) is 19.1 Å². The molecular formula is C17H21N3O4. The maximum atomic E-state index is 12.6. The highest BCUT2D eigenvalue weighted by Gasteiger charge is 2.37. The molecule has 7 nitrogen and oxygen atoms in total. The molecule has 1 atom stereocenters. The number of hydrogen-bond acceptors (Lipinski definition) is 4. The van der Waals surface area contributed by atoms with Crippen molar-refractivity contribution in [1.82, 2.24) is 4.90 Å². The summed E-state index contributed by atoms with van der Waals surface area (Å²) >= 11 is 0. The molecule has 0 aliphatic carbocycles. The molecule has 1 aromatic rings. The summed E-state index contributed by atoms with van der Waals surface area (Å²) in [6.07, 6.45) is 0.223. The second kappa shape index (κ2) is 7.00. The van der Waals surface area contributed by atoms with Gasteiger partial charge in [0.1, 0.15) is 0 Å². The predicted octanol–water partition coefficient (Wildman–Crippen LogP) is 0.857. The zero-order valence-electron chi connectivity index (χ0n) is 13.7. The fraction of sp³-hybridized carbons (Fsp3) is 0.471. The van der Waals surface area contributed by atoms with Gasteiger partial charge in [-0.15, -0.1) is 0 Å². The van der Waals surface area contributed by atoms with Gasteiger partial charge in [-0.05, 0) is 18.2 Å². The third-order valence-electron chi connectivity index (χ3n) is 4.28. The normalized spacial score (nSPS) is 21.0. The van der Waals surface area contributed by atoms with Crippen molar-refractivity contribution in [2.45, 2.75) is 13.3 Å². The van der Waals surface area contributed by atoms with Crippen molar-refractivity contribution in [3.63, 3.8) is 0 Å². The Morgan fingerprint density at radius 3 is 2.71 bits per heavy atom. The van der Waals surface area contributed by atoms with Gasteiger partial charge in [0.05, 0.1) is 19.1 Å². The average Bonchev–Trinajstić information content (AvgIpc) is 2.96. The Morgan fingerprint density at radius 2 is 2.00 bits per heavy atom. The van der Waals surface area contributed by atoms with Gasteiger partial charge in [0, 0.05) is 44.4 Å². The van der Waals surface area contributed by atoms with Crippen molar-refractivity contribution in [2.75, 3.05) is 43.1 Å². The first-order valence-electron chi connectivity index (χ1n) is 8.09. The van der Waals surface area contributed by atoms with Gasteiger partial charge in [0.2, 0.25) is 17.7 Å². The molecule has 128 valence electrons. The maximum absolute atomic E-state index is 12.6. The molecule has 2 saturated heterocycles. The second-order valence-corrected chi connectivity index (χ2v) is 6.07. The number of hydrogen-bond donors (Lipinski definition) is 1. The lowest BCUT2D eigenvalue weighted by atomic mass is 10.1. The van der Waals surface area contributed by atoms with Crippen LogP contribution in [0.25, 0.3) is 0 Å². The molecule has 2 fully saturated rings. The van der Waals surface area contributed by atoms with E-state index in [9.17, 15) is 14.4 Å².